The van der Waals surface area contributed by atoms with Crippen LogP contribution >= 0.6 is 0 Å². The molecule has 27 heavy (non-hydrogen) atoms. The molecule has 7 nitrogen and oxygen atoms in total. The van der Waals surface area contributed by atoms with E-state index in [2.05, 4.69) is 4.99 Å². The Kier molecular flexibility index (Phi) is 5.30. The van der Waals surface area contributed by atoms with Crippen LogP contribution in [0.1, 0.15) is 11.1 Å². The zero-order valence-electron chi connectivity index (χ0n) is 15.4. The van der Waals surface area contributed by atoms with Crippen LogP contribution in [0, 0.1) is 0 Å². The maximum Gasteiger partial charge on any atom is 0.363 e. The minimum atomic E-state index is -0.551. The minimum Gasteiger partial charge on any atom is -0.496 e. The Hall–Kier alpha value is -3.48. The minimum absolute atomic E-state index is 0.158. The number of benzene rings is 2. The van der Waals surface area contributed by atoms with Crippen molar-refractivity contribution in [2.24, 2.45) is 4.99 Å². The lowest BCUT2D eigenvalue weighted by Crippen LogP contribution is -2.06. The van der Waals surface area contributed by atoms with Gasteiger partial charge < -0.3 is 23.7 Å². The van der Waals surface area contributed by atoms with Crippen LogP contribution in [0.5, 0.6) is 23.0 Å². The van der Waals surface area contributed by atoms with E-state index in [9.17, 15) is 4.79 Å². The van der Waals surface area contributed by atoms with Gasteiger partial charge in [-0.1, -0.05) is 12.1 Å². The van der Waals surface area contributed by atoms with Crippen LogP contribution in [-0.4, -0.2) is 40.3 Å². The van der Waals surface area contributed by atoms with E-state index < -0.39 is 5.97 Å². The molecule has 0 spiro atoms. The van der Waals surface area contributed by atoms with Crippen molar-refractivity contribution in [1.82, 2.24) is 0 Å². The van der Waals surface area contributed by atoms with Gasteiger partial charge in [0.05, 0.1) is 34.0 Å². The Labute approximate surface area is 156 Å². The Morgan fingerprint density at radius 1 is 0.889 bits per heavy atom. The summed E-state index contributed by atoms with van der Waals surface area (Å²) in [6.07, 6.45) is 1.59. The summed E-state index contributed by atoms with van der Waals surface area (Å²) in [5, 5.41) is 0. The van der Waals surface area contributed by atoms with Crippen molar-refractivity contribution >= 4 is 17.9 Å². The van der Waals surface area contributed by atoms with Crippen molar-refractivity contribution in [1.29, 1.82) is 0 Å². The molecule has 1 aliphatic heterocycles. The lowest BCUT2D eigenvalue weighted by molar-refractivity contribution is -0.129. The van der Waals surface area contributed by atoms with Crippen LogP contribution in [0.4, 0.5) is 0 Å². The summed E-state index contributed by atoms with van der Waals surface area (Å²) in [5.41, 5.74) is 1.41. The van der Waals surface area contributed by atoms with Gasteiger partial charge in [-0.15, -0.1) is 0 Å². The van der Waals surface area contributed by atoms with Gasteiger partial charge in [-0.25, -0.2) is 9.79 Å². The summed E-state index contributed by atoms with van der Waals surface area (Å²) < 4.78 is 26.6. The molecule has 0 atom stereocenters. The average Bonchev–Trinajstić information content (AvgIpc) is 3.07. The normalized spacial score (nSPS) is 14.6. The number of cyclic esters (lactones) is 1. The highest BCUT2D eigenvalue weighted by Gasteiger charge is 2.26. The number of ether oxygens (including phenoxy) is 5. The second-order valence-electron chi connectivity index (χ2n) is 5.50. The van der Waals surface area contributed by atoms with E-state index in [1.54, 1.807) is 37.5 Å². The van der Waals surface area contributed by atoms with E-state index in [4.69, 9.17) is 23.7 Å². The first kappa shape index (κ1) is 18.3. The number of esters is 1. The molecule has 1 heterocycles. The number of carbonyl (C=O) groups is 1. The Bertz CT molecular complexity index is 907. The van der Waals surface area contributed by atoms with Crippen LogP contribution in [0.25, 0.3) is 6.08 Å². The summed E-state index contributed by atoms with van der Waals surface area (Å²) in [6, 6.07) is 10.6. The fourth-order valence-electron chi connectivity index (χ4n) is 2.69. The van der Waals surface area contributed by atoms with Gasteiger partial charge in [0, 0.05) is 0 Å². The summed E-state index contributed by atoms with van der Waals surface area (Å²) in [4.78, 5) is 16.6. The van der Waals surface area contributed by atoms with Gasteiger partial charge in [-0.3, -0.25) is 0 Å². The van der Waals surface area contributed by atoms with Gasteiger partial charge in [0.25, 0.3) is 0 Å². The first-order chi connectivity index (χ1) is 13.1. The number of hydrogen-bond acceptors (Lipinski definition) is 7. The van der Waals surface area contributed by atoms with Crippen LogP contribution in [0.3, 0.4) is 0 Å². The fourth-order valence-corrected chi connectivity index (χ4v) is 2.69. The molecule has 0 aliphatic carbocycles. The molecule has 7 heteroatoms. The molecular weight excluding hydrogens is 350 g/mol. The molecule has 2 aromatic carbocycles. The summed E-state index contributed by atoms with van der Waals surface area (Å²) in [7, 11) is 6.12. The van der Waals surface area contributed by atoms with Crippen LogP contribution in [0.15, 0.2) is 47.1 Å². The number of aliphatic imine (C=N–C) groups is 1. The molecule has 1 aliphatic rings. The van der Waals surface area contributed by atoms with Gasteiger partial charge >= 0.3 is 5.97 Å². The van der Waals surface area contributed by atoms with Gasteiger partial charge in [-0.05, 0) is 35.9 Å². The third-order valence-corrected chi connectivity index (χ3v) is 3.95. The molecule has 0 aromatic heterocycles. The molecular formula is C20H19NO6. The van der Waals surface area contributed by atoms with Gasteiger partial charge in [0.15, 0.2) is 17.2 Å². The van der Waals surface area contributed by atoms with Gasteiger partial charge in [0.1, 0.15) is 5.75 Å². The van der Waals surface area contributed by atoms with Crippen molar-refractivity contribution in [3.05, 3.63) is 53.2 Å². The highest BCUT2D eigenvalue weighted by Crippen LogP contribution is 2.39. The van der Waals surface area contributed by atoms with Gasteiger partial charge in [0.2, 0.25) is 11.6 Å². The summed E-state index contributed by atoms with van der Waals surface area (Å²) >= 11 is 0. The van der Waals surface area contributed by atoms with Crippen molar-refractivity contribution < 1.29 is 28.5 Å². The quantitative estimate of drug-likeness (QED) is 0.575. The second-order valence-corrected chi connectivity index (χ2v) is 5.50. The third-order valence-electron chi connectivity index (χ3n) is 3.95. The van der Waals surface area contributed by atoms with Crippen molar-refractivity contribution in [3.8, 4) is 23.0 Å². The highest BCUT2D eigenvalue weighted by atomic mass is 16.6. The highest BCUT2D eigenvalue weighted by molar-refractivity contribution is 6.13. The van der Waals surface area contributed by atoms with Crippen molar-refractivity contribution in [3.63, 3.8) is 0 Å². The van der Waals surface area contributed by atoms with Crippen molar-refractivity contribution in [2.75, 3.05) is 28.4 Å². The fraction of sp³-hybridized carbons (Fsp3) is 0.200. The summed E-state index contributed by atoms with van der Waals surface area (Å²) in [5.74, 6) is 1.63. The molecule has 0 fully saturated rings. The number of para-hydroxylation sites is 1. The molecule has 3 rings (SSSR count). The first-order valence-electron chi connectivity index (χ1n) is 8.07. The topological polar surface area (TPSA) is 75.6 Å². The Balaban J connectivity index is 2.02. The number of hydrogen-bond donors (Lipinski definition) is 0. The van der Waals surface area contributed by atoms with E-state index in [1.807, 2.05) is 12.1 Å². The molecule has 140 valence electrons. The SMILES string of the molecule is COc1ccccc1C1=N/C(=C\c2cc(OC)c(OC)c(OC)c2)C(=O)O1. The molecule has 0 amide bonds. The largest absolute Gasteiger partial charge is 0.496 e. The lowest BCUT2D eigenvalue weighted by Gasteiger charge is -2.12. The molecule has 0 bridgehead atoms. The monoisotopic (exact) mass is 369 g/mol. The number of nitrogens with zero attached hydrogens (tertiary/aromatic N) is 1. The number of carbonyl (C=O) groups excluding carboxylic acids is 1. The first-order valence-corrected chi connectivity index (χ1v) is 8.07. The molecule has 0 saturated heterocycles. The molecule has 0 N–H and O–H groups in total. The van der Waals surface area contributed by atoms with Gasteiger partial charge in [-0.2, -0.15) is 0 Å². The smallest absolute Gasteiger partial charge is 0.363 e. The van der Waals surface area contributed by atoms with Crippen molar-refractivity contribution in [2.45, 2.75) is 0 Å². The lowest BCUT2D eigenvalue weighted by atomic mass is 10.1. The van der Waals surface area contributed by atoms with Crippen LogP contribution in [-0.2, 0) is 9.53 Å². The second kappa shape index (κ2) is 7.82. The number of methoxy groups -OCH3 is 4. The zero-order chi connectivity index (χ0) is 19.4. The van der Waals surface area contributed by atoms with Crippen LogP contribution < -0.4 is 18.9 Å². The maximum atomic E-state index is 12.3. The molecule has 0 radical (unpaired) electrons. The predicted octanol–water partition coefficient (Wildman–Crippen LogP) is 3.07. The Morgan fingerprint density at radius 2 is 1.52 bits per heavy atom. The van der Waals surface area contributed by atoms with E-state index in [0.29, 0.717) is 34.1 Å². The average molecular weight is 369 g/mol. The van der Waals surface area contributed by atoms with Crippen LogP contribution in [0.2, 0.25) is 0 Å². The van der Waals surface area contributed by atoms with E-state index in [-0.39, 0.29) is 11.6 Å². The summed E-state index contributed by atoms with van der Waals surface area (Å²) in [6.45, 7) is 0. The Morgan fingerprint density at radius 3 is 2.11 bits per heavy atom. The molecule has 2 aromatic rings. The predicted molar refractivity (Wildman–Crippen MR) is 99.7 cm³/mol. The standard InChI is InChI=1S/C20H19NO6/c1-23-15-8-6-5-7-13(15)19-21-14(20(22)27-19)9-12-10-16(24-2)18(26-4)17(11-12)25-3/h5-11H,1-4H3/b14-9-. The van der Waals surface area contributed by atoms with E-state index in [1.165, 1.54) is 21.3 Å². The third kappa shape index (κ3) is 3.57. The van der Waals surface area contributed by atoms with E-state index >= 15 is 0 Å². The molecule has 0 unspecified atom stereocenters. The molecule has 0 saturated carbocycles. The number of rotatable bonds is 6. The maximum absolute atomic E-state index is 12.3. The zero-order valence-corrected chi connectivity index (χ0v) is 15.4. The van der Waals surface area contributed by atoms with E-state index in [0.717, 1.165) is 0 Å².